The van der Waals surface area contributed by atoms with Gasteiger partial charge in [0.1, 0.15) is 5.75 Å². The maximum absolute atomic E-state index is 12.2. The third-order valence-corrected chi connectivity index (χ3v) is 7.61. The zero-order valence-corrected chi connectivity index (χ0v) is 24.6. The summed E-state index contributed by atoms with van der Waals surface area (Å²) < 4.78 is 0. The highest BCUT2D eigenvalue weighted by molar-refractivity contribution is 6.34. The molecule has 0 radical (unpaired) electrons. The highest BCUT2D eigenvalue weighted by atomic mass is 16.3. The lowest BCUT2D eigenvalue weighted by molar-refractivity contribution is -0.144. The smallest absolute Gasteiger partial charge is 0.311 e. The summed E-state index contributed by atoms with van der Waals surface area (Å²) in [6.07, 6.45) is 28.4. The summed E-state index contributed by atoms with van der Waals surface area (Å²) in [5.74, 6) is -1.20. The van der Waals surface area contributed by atoms with Crippen LogP contribution in [0, 0.1) is 0 Å². The number of hydrogen-bond acceptors (Lipinski definition) is 3. The number of benzene rings is 1. The van der Waals surface area contributed by atoms with E-state index in [0.717, 1.165) is 31.2 Å². The molecule has 0 aliphatic heterocycles. The number of hydrogen-bond donors (Lipinski definition) is 2. The first-order chi connectivity index (χ1) is 18.5. The predicted molar refractivity (Wildman–Crippen MR) is 160 cm³/mol. The van der Waals surface area contributed by atoms with Crippen molar-refractivity contribution in [1.82, 2.24) is 4.90 Å². The van der Waals surface area contributed by atoms with E-state index >= 15 is 0 Å². The maximum atomic E-state index is 12.2. The van der Waals surface area contributed by atoms with Gasteiger partial charge in [-0.25, -0.2) is 0 Å². The molecule has 1 aromatic rings. The summed E-state index contributed by atoms with van der Waals surface area (Å²) in [5, 5.41) is 9.39. The number of phenols is 1. The van der Waals surface area contributed by atoms with Crippen LogP contribution in [0.5, 0.6) is 5.75 Å². The van der Waals surface area contributed by atoms with Gasteiger partial charge in [0.05, 0.1) is 0 Å². The van der Waals surface area contributed by atoms with Crippen LogP contribution in [0.1, 0.15) is 147 Å². The molecule has 0 atom stereocenters. The minimum absolute atomic E-state index is 0.249. The summed E-state index contributed by atoms with van der Waals surface area (Å²) in [5.41, 5.74) is 6.36. The second-order valence-corrected chi connectivity index (χ2v) is 11.1. The summed E-state index contributed by atoms with van der Waals surface area (Å²) in [6, 6.07) is 7.10. The molecule has 5 nitrogen and oxygen atoms in total. The average molecular weight is 531 g/mol. The number of nitrogens with zero attached hydrogens (tertiary/aromatic N) is 1. The second kappa shape index (κ2) is 24.0. The number of aromatic hydroxyl groups is 1. The number of unbranched alkanes of at least 4 members (excludes halogenated alkanes) is 19. The second-order valence-electron chi connectivity index (χ2n) is 11.1. The maximum Gasteiger partial charge on any atom is 0.311 e. The van der Waals surface area contributed by atoms with Crippen LogP contribution in [-0.2, 0) is 16.0 Å². The molecule has 0 aromatic heterocycles. The Balaban J connectivity index is 1.94. The number of carbonyl (C=O) groups excluding carboxylic acids is 2. The van der Waals surface area contributed by atoms with E-state index in [4.69, 9.17) is 5.73 Å². The van der Waals surface area contributed by atoms with Crippen molar-refractivity contribution in [1.29, 1.82) is 0 Å². The van der Waals surface area contributed by atoms with Crippen molar-refractivity contribution in [2.24, 2.45) is 5.73 Å². The molecule has 1 rings (SSSR count). The fourth-order valence-electron chi connectivity index (χ4n) is 5.17. The molecule has 0 aliphatic rings. The van der Waals surface area contributed by atoms with E-state index in [2.05, 4.69) is 6.92 Å². The lowest BCUT2D eigenvalue weighted by Gasteiger charge is -2.21. The first-order valence-electron chi connectivity index (χ1n) is 15.9. The van der Waals surface area contributed by atoms with Crippen molar-refractivity contribution in [3.63, 3.8) is 0 Å². The largest absolute Gasteiger partial charge is 0.508 e. The monoisotopic (exact) mass is 530 g/mol. The number of amides is 2. The Morgan fingerprint density at radius 3 is 1.37 bits per heavy atom. The molecule has 0 aliphatic carbocycles. The molecule has 2 amide bonds. The molecule has 3 N–H and O–H groups in total. The standard InChI is InChI=1S/C33H58N2O3/c1-2-3-4-5-6-7-8-9-10-11-12-13-14-15-16-17-18-19-20-21-28-35(33(38)32(34)37)29-22-23-30-24-26-31(36)27-25-30/h24-27,36H,2-23,28-29H2,1H3,(H2,34,37). The van der Waals surface area contributed by atoms with E-state index < -0.39 is 11.8 Å². The molecular formula is C33H58N2O3. The van der Waals surface area contributed by atoms with Crippen molar-refractivity contribution in [3.05, 3.63) is 29.8 Å². The van der Waals surface area contributed by atoms with E-state index in [1.807, 2.05) is 12.1 Å². The topological polar surface area (TPSA) is 83.6 Å². The van der Waals surface area contributed by atoms with Gasteiger partial charge in [0.2, 0.25) is 0 Å². The molecule has 0 saturated carbocycles. The van der Waals surface area contributed by atoms with Gasteiger partial charge in [0.15, 0.2) is 0 Å². The molecule has 0 spiro atoms. The molecule has 0 fully saturated rings. The normalized spacial score (nSPS) is 11.1. The van der Waals surface area contributed by atoms with Gasteiger partial charge < -0.3 is 15.7 Å². The van der Waals surface area contributed by atoms with Gasteiger partial charge in [-0.1, -0.05) is 141 Å². The van der Waals surface area contributed by atoms with Crippen molar-refractivity contribution < 1.29 is 14.7 Å². The Labute approximate surface area is 234 Å². The number of carbonyl (C=O) groups is 2. The van der Waals surface area contributed by atoms with Crippen LogP contribution in [0.2, 0.25) is 0 Å². The van der Waals surface area contributed by atoms with Crippen LogP contribution in [0.15, 0.2) is 24.3 Å². The minimum atomic E-state index is -0.872. The van der Waals surface area contributed by atoms with Gasteiger partial charge in [-0.3, -0.25) is 9.59 Å². The molecule has 218 valence electrons. The molecule has 0 heterocycles. The number of primary amides is 1. The van der Waals surface area contributed by atoms with E-state index in [1.165, 1.54) is 116 Å². The molecular weight excluding hydrogens is 472 g/mol. The average Bonchev–Trinajstić information content (AvgIpc) is 2.91. The summed E-state index contributed by atoms with van der Waals surface area (Å²) in [4.78, 5) is 25.2. The van der Waals surface area contributed by atoms with Gasteiger partial charge in [-0.05, 0) is 37.0 Å². The molecule has 38 heavy (non-hydrogen) atoms. The van der Waals surface area contributed by atoms with Crippen LogP contribution in [-0.4, -0.2) is 34.9 Å². The number of nitrogens with two attached hydrogens (primary N) is 1. The van der Waals surface area contributed by atoms with E-state index in [9.17, 15) is 14.7 Å². The van der Waals surface area contributed by atoms with Gasteiger partial charge in [-0.2, -0.15) is 0 Å². The Morgan fingerprint density at radius 1 is 0.605 bits per heavy atom. The molecule has 5 heteroatoms. The Kier molecular flexibility index (Phi) is 21.5. The molecule has 0 unspecified atom stereocenters. The minimum Gasteiger partial charge on any atom is -0.508 e. The van der Waals surface area contributed by atoms with Crippen LogP contribution in [0.4, 0.5) is 0 Å². The fourth-order valence-corrected chi connectivity index (χ4v) is 5.17. The van der Waals surface area contributed by atoms with E-state index in [0.29, 0.717) is 13.1 Å². The summed E-state index contributed by atoms with van der Waals surface area (Å²) in [7, 11) is 0. The third-order valence-electron chi connectivity index (χ3n) is 7.61. The van der Waals surface area contributed by atoms with Gasteiger partial charge in [0, 0.05) is 13.1 Å². The molecule has 1 aromatic carbocycles. The zero-order chi connectivity index (χ0) is 27.7. The highest BCUT2D eigenvalue weighted by Gasteiger charge is 2.18. The van der Waals surface area contributed by atoms with Crippen LogP contribution in [0.3, 0.4) is 0 Å². The van der Waals surface area contributed by atoms with Crippen LogP contribution < -0.4 is 5.73 Å². The highest BCUT2D eigenvalue weighted by Crippen LogP contribution is 2.15. The van der Waals surface area contributed by atoms with E-state index in [-0.39, 0.29) is 5.75 Å². The first-order valence-corrected chi connectivity index (χ1v) is 15.9. The quantitative estimate of drug-likeness (QED) is 0.0982. The predicted octanol–water partition coefficient (Wildman–Crippen LogP) is 8.46. The SMILES string of the molecule is CCCCCCCCCCCCCCCCCCCCCCN(CCCc1ccc(O)cc1)C(=O)C(N)=O. The van der Waals surface area contributed by atoms with Crippen LogP contribution >= 0.6 is 0 Å². The van der Waals surface area contributed by atoms with Crippen molar-refractivity contribution >= 4 is 11.8 Å². The Morgan fingerprint density at radius 2 is 0.974 bits per heavy atom. The fraction of sp³-hybridized carbons (Fsp3) is 0.758. The number of phenolic OH excluding ortho intramolecular Hbond substituents is 1. The number of aryl methyl sites for hydroxylation is 1. The van der Waals surface area contributed by atoms with Gasteiger partial charge in [-0.15, -0.1) is 0 Å². The zero-order valence-electron chi connectivity index (χ0n) is 24.6. The summed E-state index contributed by atoms with van der Waals surface area (Å²) >= 11 is 0. The lowest BCUT2D eigenvalue weighted by Crippen LogP contribution is -2.41. The molecule has 0 bridgehead atoms. The van der Waals surface area contributed by atoms with Crippen molar-refractivity contribution in [2.75, 3.05) is 13.1 Å². The first kappa shape index (κ1) is 34.0. The van der Waals surface area contributed by atoms with Crippen molar-refractivity contribution in [3.8, 4) is 5.75 Å². The van der Waals surface area contributed by atoms with E-state index in [1.54, 1.807) is 17.0 Å². The van der Waals surface area contributed by atoms with Gasteiger partial charge in [0.25, 0.3) is 0 Å². The molecule has 0 saturated heterocycles. The lowest BCUT2D eigenvalue weighted by atomic mass is 10.0. The van der Waals surface area contributed by atoms with Crippen LogP contribution in [0.25, 0.3) is 0 Å². The Bertz CT molecular complexity index is 705. The Hall–Kier alpha value is -2.04. The van der Waals surface area contributed by atoms with Gasteiger partial charge >= 0.3 is 11.8 Å². The third kappa shape index (κ3) is 19.1. The number of rotatable bonds is 25. The summed E-state index contributed by atoms with van der Waals surface area (Å²) in [6.45, 7) is 3.41. The van der Waals surface area contributed by atoms with Crippen molar-refractivity contribution in [2.45, 2.75) is 148 Å².